The van der Waals surface area contributed by atoms with Crippen LogP contribution in [0.5, 0.6) is 0 Å². The van der Waals surface area contributed by atoms with Crippen LogP contribution in [0.15, 0.2) is 6.07 Å². The average molecular weight is 198 g/mol. The second-order valence-corrected chi connectivity index (χ2v) is 2.66. The number of halogens is 1. The Hall–Kier alpha value is -1.54. The predicted octanol–water partition coefficient (Wildman–Crippen LogP) is 1.04. The maximum atomic E-state index is 8.28. The van der Waals surface area contributed by atoms with Crippen molar-refractivity contribution in [2.24, 2.45) is 0 Å². The number of nitriles is 1. The molecule has 0 saturated carbocycles. The third-order valence-electron chi connectivity index (χ3n) is 1.26. The predicted molar refractivity (Wildman–Crippen MR) is 50.2 cm³/mol. The van der Waals surface area contributed by atoms with E-state index in [0.717, 1.165) is 0 Å². The Balaban J connectivity index is 2.62. The van der Waals surface area contributed by atoms with Crippen molar-refractivity contribution in [3.63, 3.8) is 0 Å². The highest BCUT2D eigenvalue weighted by Crippen LogP contribution is 2.11. The van der Waals surface area contributed by atoms with Crippen LogP contribution in [0, 0.1) is 11.3 Å². The van der Waals surface area contributed by atoms with Gasteiger partial charge in [0, 0.05) is 12.6 Å². The number of anilines is 2. The molecule has 1 aromatic heterocycles. The molecule has 0 unspecified atom stereocenters. The minimum absolute atomic E-state index is 0.118. The molecular weight excluding hydrogens is 190 g/mol. The molecule has 0 spiro atoms. The Bertz CT molecular complexity index is 312. The molecule has 0 aliphatic rings. The van der Waals surface area contributed by atoms with E-state index in [4.69, 9.17) is 22.6 Å². The van der Waals surface area contributed by atoms with Gasteiger partial charge in [-0.1, -0.05) is 11.6 Å². The van der Waals surface area contributed by atoms with Crippen LogP contribution in [0.1, 0.15) is 6.42 Å². The molecule has 1 heterocycles. The summed E-state index contributed by atoms with van der Waals surface area (Å²) in [5, 5.41) is 11.5. The number of nitrogens with one attached hydrogen (secondary N) is 1. The first kappa shape index (κ1) is 9.55. The molecule has 0 aromatic carbocycles. The van der Waals surface area contributed by atoms with Gasteiger partial charge in [-0.2, -0.15) is 10.2 Å². The van der Waals surface area contributed by atoms with Crippen molar-refractivity contribution in [2.75, 3.05) is 17.6 Å². The maximum absolute atomic E-state index is 8.28. The summed E-state index contributed by atoms with van der Waals surface area (Å²) in [5.74, 6) is 0.653. The molecule has 0 fully saturated rings. The van der Waals surface area contributed by atoms with Gasteiger partial charge in [0.15, 0.2) is 0 Å². The minimum atomic E-state index is 0.118. The largest absolute Gasteiger partial charge is 0.369 e. The lowest BCUT2D eigenvalue weighted by molar-refractivity contribution is 1.05. The molecule has 1 rings (SSSR count). The molecule has 5 nitrogen and oxygen atoms in total. The fourth-order valence-corrected chi connectivity index (χ4v) is 0.962. The zero-order valence-corrected chi connectivity index (χ0v) is 7.54. The molecular formula is C7H8ClN5. The summed E-state index contributed by atoms with van der Waals surface area (Å²) < 4.78 is 0. The number of hydrogen-bond donors (Lipinski definition) is 2. The fourth-order valence-electron chi connectivity index (χ4n) is 0.772. The van der Waals surface area contributed by atoms with E-state index in [1.54, 1.807) is 6.07 Å². The van der Waals surface area contributed by atoms with Crippen molar-refractivity contribution in [1.29, 1.82) is 5.26 Å². The van der Waals surface area contributed by atoms with E-state index in [1.165, 1.54) is 0 Å². The van der Waals surface area contributed by atoms with Crippen LogP contribution in [0.2, 0.25) is 5.15 Å². The molecule has 0 radical (unpaired) electrons. The summed E-state index contributed by atoms with van der Waals surface area (Å²) in [5.41, 5.74) is 5.35. The van der Waals surface area contributed by atoms with Crippen molar-refractivity contribution in [3.8, 4) is 6.07 Å². The standard InChI is InChI=1S/C7H8ClN5/c8-5-4-6(11-3-1-2-9)13-7(10)12-5/h4H,1,3H2,(H3,10,11,12,13). The first-order chi connectivity index (χ1) is 6.22. The van der Waals surface area contributed by atoms with Gasteiger partial charge >= 0.3 is 0 Å². The van der Waals surface area contributed by atoms with E-state index in [1.807, 2.05) is 6.07 Å². The van der Waals surface area contributed by atoms with Crippen LogP contribution in [-0.2, 0) is 0 Å². The number of nitrogens with two attached hydrogens (primary N) is 1. The van der Waals surface area contributed by atoms with Gasteiger partial charge in [0.25, 0.3) is 0 Å². The molecule has 6 heteroatoms. The number of nitrogen functional groups attached to an aromatic ring is 1. The van der Waals surface area contributed by atoms with E-state index in [0.29, 0.717) is 18.8 Å². The Morgan fingerprint density at radius 2 is 2.38 bits per heavy atom. The third kappa shape index (κ3) is 3.13. The van der Waals surface area contributed by atoms with E-state index in [9.17, 15) is 0 Å². The van der Waals surface area contributed by atoms with Crippen molar-refractivity contribution in [1.82, 2.24) is 9.97 Å². The van der Waals surface area contributed by atoms with Gasteiger partial charge < -0.3 is 11.1 Å². The van der Waals surface area contributed by atoms with Gasteiger partial charge in [0.2, 0.25) is 5.95 Å². The monoisotopic (exact) mass is 197 g/mol. The molecule has 0 aliphatic carbocycles. The molecule has 13 heavy (non-hydrogen) atoms. The van der Waals surface area contributed by atoms with Gasteiger partial charge in [0.05, 0.1) is 12.5 Å². The van der Waals surface area contributed by atoms with Crippen LogP contribution < -0.4 is 11.1 Å². The zero-order chi connectivity index (χ0) is 9.68. The van der Waals surface area contributed by atoms with Gasteiger partial charge in [-0.3, -0.25) is 0 Å². The van der Waals surface area contributed by atoms with Crippen molar-refractivity contribution >= 4 is 23.4 Å². The first-order valence-corrected chi connectivity index (χ1v) is 4.01. The molecule has 1 aromatic rings. The Morgan fingerprint density at radius 1 is 1.62 bits per heavy atom. The number of aromatic nitrogens is 2. The summed E-state index contributed by atoms with van der Waals surface area (Å²) in [6, 6.07) is 3.55. The molecule has 68 valence electrons. The van der Waals surface area contributed by atoms with Crippen LogP contribution in [0.3, 0.4) is 0 Å². The van der Waals surface area contributed by atoms with E-state index in [-0.39, 0.29) is 11.1 Å². The molecule has 0 bridgehead atoms. The highest BCUT2D eigenvalue weighted by molar-refractivity contribution is 6.29. The lowest BCUT2D eigenvalue weighted by Crippen LogP contribution is -2.05. The lowest BCUT2D eigenvalue weighted by atomic mass is 10.4. The smallest absolute Gasteiger partial charge is 0.223 e. The van der Waals surface area contributed by atoms with Crippen LogP contribution in [0.4, 0.5) is 11.8 Å². The summed E-state index contributed by atoms with van der Waals surface area (Å²) >= 11 is 5.63. The molecule has 0 saturated heterocycles. The van der Waals surface area contributed by atoms with Crippen molar-refractivity contribution in [2.45, 2.75) is 6.42 Å². The second kappa shape index (κ2) is 4.48. The maximum Gasteiger partial charge on any atom is 0.223 e. The van der Waals surface area contributed by atoms with Crippen LogP contribution in [0.25, 0.3) is 0 Å². The number of hydrogen-bond acceptors (Lipinski definition) is 5. The Labute approximate surface area is 80.6 Å². The molecule has 0 aliphatic heterocycles. The van der Waals surface area contributed by atoms with Gasteiger partial charge in [-0.25, -0.2) is 4.98 Å². The van der Waals surface area contributed by atoms with E-state index < -0.39 is 0 Å². The molecule has 0 atom stereocenters. The SMILES string of the molecule is N#CCCNc1cc(Cl)nc(N)n1. The van der Waals surface area contributed by atoms with Crippen LogP contribution in [-0.4, -0.2) is 16.5 Å². The van der Waals surface area contributed by atoms with Crippen LogP contribution >= 0.6 is 11.6 Å². The molecule has 0 amide bonds. The normalized spacial score (nSPS) is 9.23. The number of rotatable bonds is 3. The third-order valence-corrected chi connectivity index (χ3v) is 1.45. The summed E-state index contributed by atoms with van der Waals surface area (Å²) in [6.07, 6.45) is 0.404. The minimum Gasteiger partial charge on any atom is -0.369 e. The summed E-state index contributed by atoms with van der Waals surface area (Å²) in [4.78, 5) is 7.56. The quantitative estimate of drug-likeness (QED) is 0.558. The summed E-state index contributed by atoms with van der Waals surface area (Å²) in [7, 11) is 0. The Kier molecular flexibility index (Phi) is 3.29. The highest BCUT2D eigenvalue weighted by Gasteiger charge is 1.98. The zero-order valence-electron chi connectivity index (χ0n) is 6.79. The van der Waals surface area contributed by atoms with Gasteiger partial charge in [-0.15, -0.1) is 0 Å². The van der Waals surface area contributed by atoms with Crippen molar-refractivity contribution in [3.05, 3.63) is 11.2 Å². The molecule has 3 N–H and O–H groups in total. The summed E-state index contributed by atoms with van der Waals surface area (Å²) in [6.45, 7) is 0.517. The van der Waals surface area contributed by atoms with Gasteiger partial charge in [-0.05, 0) is 0 Å². The highest BCUT2D eigenvalue weighted by atomic mass is 35.5. The topological polar surface area (TPSA) is 87.6 Å². The van der Waals surface area contributed by atoms with E-state index in [2.05, 4.69) is 15.3 Å². The first-order valence-electron chi connectivity index (χ1n) is 3.63. The lowest BCUT2D eigenvalue weighted by Gasteiger charge is -2.03. The van der Waals surface area contributed by atoms with Gasteiger partial charge in [0.1, 0.15) is 11.0 Å². The number of nitrogens with zero attached hydrogens (tertiary/aromatic N) is 3. The fraction of sp³-hybridized carbons (Fsp3) is 0.286. The average Bonchev–Trinajstić information content (AvgIpc) is 2.03. The second-order valence-electron chi connectivity index (χ2n) is 2.27. The Morgan fingerprint density at radius 3 is 3.00 bits per heavy atom. The van der Waals surface area contributed by atoms with Crippen molar-refractivity contribution < 1.29 is 0 Å². The van der Waals surface area contributed by atoms with E-state index >= 15 is 0 Å².